The van der Waals surface area contributed by atoms with Gasteiger partial charge in [-0.15, -0.1) is 11.8 Å². The Bertz CT molecular complexity index is 464. The molecule has 0 radical (unpaired) electrons. The minimum absolute atomic E-state index is 0.728. The largest absolute Gasteiger partial charge is 0.465 e. The van der Waals surface area contributed by atoms with E-state index in [1.165, 1.54) is 4.90 Å². The summed E-state index contributed by atoms with van der Waals surface area (Å²) < 4.78 is 5.49. The van der Waals surface area contributed by atoms with Gasteiger partial charge in [-0.25, -0.2) is 0 Å². The van der Waals surface area contributed by atoms with Crippen molar-refractivity contribution in [2.75, 3.05) is 11.6 Å². The minimum Gasteiger partial charge on any atom is -0.465 e. The zero-order valence-corrected chi connectivity index (χ0v) is 10.3. The van der Waals surface area contributed by atoms with E-state index in [9.17, 15) is 0 Å². The summed E-state index contributed by atoms with van der Waals surface area (Å²) in [6.07, 6.45) is 2.08. The summed E-state index contributed by atoms with van der Waals surface area (Å²) in [5.41, 5.74) is 1.13. The molecule has 0 bridgehead atoms. The maximum absolute atomic E-state index is 5.49. The van der Waals surface area contributed by atoms with Crippen LogP contribution in [0.5, 0.6) is 0 Å². The first kappa shape index (κ1) is 11.1. The molecule has 0 saturated carbocycles. The van der Waals surface area contributed by atoms with Crippen molar-refractivity contribution in [3.8, 4) is 0 Å². The van der Waals surface area contributed by atoms with Crippen molar-refractivity contribution >= 4 is 17.4 Å². The Morgan fingerprint density at radius 1 is 1.25 bits per heavy atom. The lowest BCUT2D eigenvalue weighted by atomic mass is 10.3. The maximum atomic E-state index is 5.49. The molecule has 0 amide bonds. The van der Waals surface area contributed by atoms with Gasteiger partial charge in [0.25, 0.3) is 0 Å². The average Bonchev–Trinajstić information content (AvgIpc) is 2.73. The van der Waals surface area contributed by atoms with Crippen molar-refractivity contribution in [2.45, 2.75) is 18.4 Å². The summed E-state index contributed by atoms with van der Waals surface area (Å²) in [4.78, 5) is 1.26. The Morgan fingerprint density at radius 2 is 2.12 bits per heavy atom. The second kappa shape index (κ2) is 5.12. The molecule has 0 saturated heterocycles. The molecule has 2 rings (SSSR count). The molecule has 0 aliphatic heterocycles. The van der Waals surface area contributed by atoms with Gasteiger partial charge in [0.15, 0.2) is 0 Å². The number of anilines is 1. The van der Waals surface area contributed by atoms with Crippen molar-refractivity contribution in [1.29, 1.82) is 0 Å². The maximum Gasteiger partial charge on any atom is 0.123 e. The highest BCUT2D eigenvalue weighted by Gasteiger charge is 1.99. The van der Waals surface area contributed by atoms with Gasteiger partial charge in [-0.3, -0.25) is 0 Å². The molecule has 1 heterocycles. The van der Waals surface area contributed by atoms with Crippen LogP contribution in [0.15, 0.2) is 45.7 Å². The van der Waals surface area contributed by atoms with Gasteiger partial charge in [0, 0.05) is 10.6 Å². The Kier molecular flexibility index (Phi) is 3.57. The van der Waals surface area contributed by atoms with E-state index in [2.05, 4.69) is 35.8 Å². The number of aryl methyl sites for hydroxylation is 1. The third-order valence-electron chi connectivity index (χ3n) is 2.33. The Labute approximate surface area is 100 Å². The van der Waals surface area contributed by atoms with E-state index < -0.39 is 0 Å². The Hall–Kier alpha value is -1.35. The fourth-order valence-electron chi connectivity index (χ4n) is 1.50. The van der Waals surface area contributed by atoms with Crippen LogP contribution in [0.25, 0.3) is 0 Å². The van der Waals surface area contributed by atoms with Crippen LogP contribution >= 0.6 is 11.8 Å². The number of rotatable bonds is 4. The van der Waals surface area contributed by atoms with Crippen molar-refractivity contribution in [3.63, 3.8) is 0 Å². The van der Waals surface area contributed by atoms with Crippen LogP contribution in [0.1, 0.15) is 11.5 Å². The molecule has 1 aromatic heterocycles. The molecule has 0 aliphatic rings. The number of hydrogen-bond donors (Lipinski definition) is 1. The molecule has 0 unspecified atom stereocenters. The van der Waals surface area contributed by atoms with Gasteiger partial charge in [-0.05, 0) is 43.5 Å². The predicted octanol–water partition coefficient (Wildman–Crippen LogP) is 3.92. The second-order valence-corrected chi connectivity index (χ2v) is 4.48. The van der Waals surface area contributed by atoms with Gasteiger partial charge < -0.3 is 9.73 Å². The lowest BCUT2D eigenvalue weighted by molar-refractivity contribution is 0.490. The summed E-state index contributed by atoms with van der Waals surface area (Å²) in [7, 11) is 0. The molecule has 2 nitrogen and oxygen atoms in total. The highest BCUT2D eigenvalue weighted by molar-refractivity contribution is 7.98. The molecular weight excluding hydrogens is 218 g/mol. The van der Waals surface area contributed by atoms with E-state index >= 15 is 0 Å². The molecule has 0 atom stereocenters. The molecule has 0 aliphatic carbocycles. The average molecular weight is 233 g/mol. The first-order valence-corrected chi connectivity index (χ1v) is 6.43. The fraction of sp³-hybridized carbons (Fsp3) is 0.231. The smallest absolute Gasteiger partial charge is 0.123 e. The number of benzene rings is 1. The van der Waals surface area contributed by atoms with Gasteiger partial charge in [0.05, 0.1) is 6.54 Å². The lowest BCUT2D eigenvalue weighted by Gasteiger charge is -2.05. The normalized spacial score (nSPS) is 10.4. The number of furan rings is 1. The Morgan fingerprint density at radius 3 is 2.81 bits per heavy atom. The van der Waals surface area contributed by atoms with Crippen LogP contribution in [0.2, 0.25) is 0 Å². The van der Waals surface area contributed by atoms with E-state index in [0.29, 0.717) is 0 Å². The minimum atomic E-state index is 0.728. The molecule has 1 N–H and O–H groups in total. The lowest BCUT2D eigenvalue weighted by Crippen LogP contribution is -1.97. The second-order valence-electron chi connectivity index (χ2n) is 3.60. The van der Waals surface area contributed by atoms with Crippen LogP contribution in [-0.4, -0.2) is 6.26 Å². The first-order valence-electron chi connectivity index (χ1n) is 5.21. The first-order chi connectivity index (χ1) is 7.78. The number of thioether (sulfide) groups is 1. The third-order valence-corrected chi connectivity index (χ3v) is 3.06. The van der Waals surface area contributed by atoms with Crippen LogP contribution in [0, 0.1) is 6.92 Å². The molecule has 1 aromatic carbocycles. The van der Waals surface area contributed by atoms with Crippen LogP contribution in [0.4, 0.5) is 5.69 Å². The summed E-state index contributed by atoms with van der Waals surface area (Å²) in [5, 5.41) is 3.34. The topological polar surface area (TPSA) is 25.2 Å². The highest BCUT2D eigenvalue weighted by atomic mass is 32.2. The third kappa shape index (κ3) is 2.83. The molecule has 0 fully saturated rings. The van der Waals surface area contributed by atoms with Gasteiger partial charge in [0.2, 0.25) is 0 Å². The Balaban J connectivity index is 1.99. The predicted molar refractivity (Wildman–Crippen MR) is 69.0 cm³/mol. The van der Waals surface area contributed by atoms with Gasteiger partial charge in [0.1, 0.15) is 11.5 Å². The fourth-order valence-corrected chi connectivity index (χ4v) is 1.96. The zero-order chi connectivity index (χ0) is 11.4. The highest BCUT2D eigenvalue weighted by Crippen LogP contribution is 2.19. The van der Waals surface area contributed by atoms with E-state index in [1.54, 1.807) is 11.8 Å². The molecule has 84 valence electrons. The van der Waals surface area contributed by atoms with Crippen molar-refractivity contribution < 1.29 is 4.42 Å². The quantitative estimate of drug-likeness (QED) is 0.810. The van der Waals surface area contributed by atoms with Crippen LogP contribution in [0.3, 0.4) is 0 Å². The summed E-state index contributed by atoms with van der Waals surface area (Å²) in [6.45, 7) is 2.68. The van der Waals surface area contributed by atoms with E-state index in [-0.39, 0.29) is 0 Å². The monoisotopic (exact) mass is 233 g/mol. The molecule has 16 heavy (non-hydrogen) atoms. The standard InChI is InChI=1S/C13H15NOS/c1-10-6-7-12(15-10)9-14-11-4-3-5-13(8-11)16-2/h3-8,14H,9H2,1-2H3. The molecule has 0 spiro atoms. The van der Waals surface area contributed by atoms with Crippen molar-refractivity contribution in [3.05, 3.63) is 47.9 Å². The SMILES string of the molecule is CSc1cccc(NCc2ccc(C)o2)c1. The van der Waals surface area contributed by atoms with E-state index in [4.69, 9.17) is 4.42 Å². The molecule has 2 aromatic rings. The van der Waals surface area contributed by atoms with Gasteiger partial charge in [-0.2, -0.15) is 0 Å². The summed E-state index contributed by atoms with van der Waals surface area (Å²) in [5.74, 6) is 1.92. The summed E-state index contributed by atoms with van der Waals surface area (Å²) >= 11 is 1.75. The summed E-state index contributed by atoms with van der Waals surface area (Å²) in [6, 6.07) is 12.3. The van der Waals surface area contributed by atoms with Crippen LogP contribution < -0.4 is 5.32 Å². The number of nitrogens with one attached hydrogen (secondary N) is 1. The van der Waals surface area contributed by atoms with Gasteiger partial charge in [-0.1, -0.05) is 6.07 Å². The van der Waals surface area contributed by atoms with Crippen molar-refractivity contribution in [2.24, 2.45) is 0 Å². The zero-order valence-electron chi connectivity index (χ0n) is 9.49. The number of hydrogen-bond acceptors (Lipinski definition) is 3. The van der Waals surface area contributed by atoms with E-state index in [1.807, 2.05) is 19.1 Å². The van der Waals surface area contributed by atoms with Gasteiger partial charge >= 0.3 is 0 Å². The van der Waals surface area contributed by atoms with E-state index in [0.717, 1.165) is 23.8 Å². The van der Waals surface area contributed by atoms with Crippen molar-refractivity contribution in [1.82, 2.24) is 0 Å². The molecular formula is C13H15NOS. The molecule has 3 heteroatoms. The van der Waals surface area contributed by atoms with Crippen LogP contribution in [-0.2, 0) is 6.54 Å².